The summed E-state index contributed by atoms with van der Waals surface area (Å²) in [7, 11) is 0. The van der Waals surface area contributed by atoms with Gasteiger partial charge in [-0.25, -0.2) is 10.2 Å². The lowest BCUT2D eigenvalue weighted by Crippen LogP contribution is -2.40. The van der Waals surface area contributed by atoms with E-state index in [9.17, 15) is 9.90 Å². The first kappa shape index (κ1) is 16.1. The topological polar surface area (TPSA) is 70.6 Å². The highest BCUT2D eigenvalue weighted by atomic mass is 79.9. The molecular formula is C12H16BrClN2O3. The lowest BCUT2D eigenvalue weighted by Gasteiger charge is -2.20. The zero-order valence-electron chi connectivity index (χ0n) is 10.9. The minimum atomic E-state index is -0.590. The Labute approximate surface area is 125 Å². The van der Waals surface area contributed by atoms with Gasteiger partial charge in [0.05, 0.1) is 4.47 Å². The van der Waals surface area contributed by atoms with Gasteiger partial charge in [-0.3, -0.25) is 5.43 Å². The number of phenolic OH excluding ortho intramolecular Hbond substituents is 1. The number of benzene rings is 1. The summed E-state index contributed by atoms with van der Waals surface area (Å²) in [6.45, 7) is 5.52. The Hall–Kier alpha value is -0.980. The molecule has 1 aromatic rings. The molecule has 0 aliphatic heterocycles. The van der Waals surface area contributed by atoms with Gasteiger partial charge < -0.3 is 9.84 Å². The van der Waals surface area contributed by atoms with Crippen LogP contribution in [0.3, 0.4) is 0 Å². The van der Waals surface area contributed by atoms with Gasteiger partial charge in [0.25, 0.3) is 0 Å². The van der Waals surface area contributed by atoms with Crippen LogP contribution in [-0.4, -0.2) is 16.8 Å². The molecule has 7 heteroatoms. The van der Waals surface area contributed by atoms with E-state index in [1.54, 1.807) is 32.9 Å². The Kier molecular flexibility index (Phi) is 5.46. The smallest absolute Gasteiger partial charge is 0.422 e. The van der Waals surface area contributed by atoms with Crippen molar-refractivity contribution in [2.24, 2.45) is 0 Å². The first-order valence-corrected chi connectivity index (χ1v) is 6.75. The molecular weight excluding hydrogens is 336 g/mol. The lowest BCUT2D eigenvalue weighted by atomic mass is 10.2. The molecule has 0 bridgehead atoms. The third kappa shape index (κ3) is 5.67. The highest BCUT2D eigenvalue weighted by Crippen LogP contribution is 2.31. The number of rotatable bonds is 3. The minimum absolute atomic E-state index is 0.0721. The van der Waals surface area contributed by atoms with E-state index in [0.717, 1.165) is 0 Å². The third-order valence-corrected chi connectivity index (χ3v) is 2.80. The second-order valence-corrected chi connectivity index (χ2v) is 6.17. The maximum Gasteiger partial charge on any atom is 0.422 e. The molecule has 1 amide bonds. The van der Waals surface area contributed by atoms with Crippen LogP contribution in [0.1, 0.15) is 26.3 Å². The lowest BCUT2D eigenvalue weighted by molar-refractivity contribution is 0.0496. The zero-order valence-corrected chi connectivity index (χ0v) is 13.2. The number of amides is 1. The van der Waals surface area contributed by atoms with Crippen LogP contribution in [0.15, 0.2) is 16.6 Å². The molecule has 0 atom stereocenters. The first-order valence-electron chi connectivity index (χ1n) is 5.58. The predicted molar refractivity (Wildman–Crippen MR) is 77.0 cm³/mol. The van der Waals surface area contributed by atoms with Gasteiger partial charge >= 0.3 is 6.09 Å². The summed E-state index contributed by atoms with van der Waals surface area (Å²) in [5.41, 5.74) is 5.02. The first-order chi connectivity index (χ1) is 8.69. The number of nitrogens with one attached hydrogen (secondary N) is 2. The van der Waals surface area contributed by atoms with E-state index < -0.39 is 11.7 Å². The fourth-order valence-corrected chi connectivity index (χ4v) is 2.14. The van der Waals surface area contributed by atoms with E-state index >= 15 is 0 Å². The number of hydrogen-bond donors (Lipinski definition) is 3. The molecule has 0 aliphatic carbocycles. The van der Waals surface area contributed by atoms with Gasteiger partial charge in [0.2, 0.25) is 0 Å². The van der Waals surface area contributed by atoms with Gasteiger partial charge in [-0.05, 0) is 48.8 Å². The Morgan fingerprint density at radius 2 is 2.11 bits per heavy atom. The summed E-state index contributed by atoms with van der Waals surface area (Å²) in [5, 5.41) is 10.3. The van der Waals surface area contributed by atoms with Crippen molar-refractivity contribution in [2.45, 2.75) is 32.9 Å². The van der Waals surface area contributed by atoms with Crippen LogP contribution in [0, 0.1) is 0 Å². The summed E-state index contributed by atoms with van der Waals surface area (Å²) in [6, 6.07) is 3.19. The van der Waals surface area contributed by atoms with Gasteiger partial charge in [0.15, 0.2) is 0 Å². The number of carbonyl (C=O) groups excluding carboxylic acids is 1. The summed E-state index contributed by atoms with van der Waals surface area (Å²) in [4.78, 5) is 11.4. The minimum Gasteiger partial charge on any atom is -0.506 e. The maximum absolute atomic E-state index is 11.4. The van der Waals surface area contributed by atoms with Crippen LogP contribution in [0.2, 0.25) is 5.02 Å². The maximum atomic E-state index is 11.4. The quantitative estimate of drug-likeness (QED) is 0.731. The standard InChI is InChI=1S/C12H16BrClN2O3/c1-12(2,3)19-11(18)16-15-6-7-4-8(14)5-9(13)10(7)17/h4-5,15,17H,6H2,1-3H3,(H,16,18). The molecule has 0 fully saturated rings. The molecule has 0 spiro atoms. The summed E-state index contributed by atoms with van der Waals surface area (Å²) >= 11 is 9.05. The third-order valence-electron chi connectivity index (χ3n) is 1.98. The largest absolute Gasteiger partial charge is 0.506 e. The molecule has 1 rings (SSSR count). The Balaban J connectivity index is 2.52. The van der Waals surface area contributed by atoms with Gasteiger partial charge in [-0.2, -0.15) is 0 Å². The van der Waals surface area contributed by atoms with Gasteiger partial charge in [-0.1, -0.05) is 11.6 Å². The molecule has 0 saturated carbocycles. The fourth-order valence-electron chi connectivity index (χ4n) is 1.27. The zero-order chi connectivity index (χ0) is 14.6. The highest BCUT2D eigenvalue weighted by Gasteiger charge is 2.15. The van der Waals surface area contributed by atoms with Crippen molar-refractivity contribution in [2.75, 3.05) is 0 Å². The number of phenols is 1. The van der Waals surface area contributed by atoms with Crippen molar-refractivity contribution in [3.63, 3.8) is 0 Å². The molecule has 1 aromatic carbocycles. The average molecular weight is 352 g/mol. The number of hydrogen-bond acceptors (Lipinski definition) is 4. The summed E-state index contributed by atoms with van der Waals surface area (Å²) < 4.78 is 5.54. The fraction of sp³-hybridized carbons (Fsp3) is 0.417. The van der Waals surface area contributed by atoms with E-state index in [1.165, 1.54) is 0 Å². The van der Waals surface area contributed by atoms with E-state index in [2.05, 4.69) is 26.8 Å². The average Bonchev–Trinajstić information content (AvgIpc) is 2.22. The number of hydrazine groups is 1. The van der Waals surface area contributed by atoms with Crippen molar-refractivity contribution in [3.8, 4) is 5.75 Å². The molecule has 0 saturated heterocycles. The normalized spacial score (nSPS) is 11.2. The number of aromatic hydroxyl groups is 1. The predicted octanol–water partition coefficient (Wildman–Crippen LogP) is 3.34. The molecule has 0 heterocycles. The van der Waals surface area contributed by atoms with Crippen LogP contribution >= 0.6 is 27.5 Å². The Morgan fingerprint density at radius 3 is 2.68 bits per heavy atom. The van der Waals surface area contributed by atoms with Crippen LogP contribution in [0.25, 0.3) is 0 Å². The van der Waals surface area contributed by atoms with Crippen molar-refractivity contribution in [1.29, 1.82) is 0 Å². The van der Waals surface area contributed by atoms with E-state index in [-0.39, 0.29) is 12.3 Å². The Bertz CT molecular complexity index is 475. The molecule has 3 N–H and O–H groups in total. The second-order valence-electron chi connectivity index (χ2n) is 4.88. The molecule has 0 radical (unpaired) electrons. The second kappa shape index (κ2) is 6.45. The van der Waals surface area contributed by atoms with Crippen molar-refractivity contribution in [3.05, 3.63) is 27.2 Å². The Morgan fingerprint density at radius 1 is 1.47 bits per heavy atom. The van der Waals surface area contributed by atoms with Gasteiger partial charge in [0, 0.05) is 17.1 Å². The van der Waals surface area contributed by atoms with E-state index in [4.69, 9.17) is 16.3 Å². The van der Waals surface area contributed by atoms with Gasteiger partial charge in [-0.15, -0.1) is 0 Å². The molecule has 5 nitrogen and oxygen atoms in total. The monoisotopic (exact) mass is 350 g/mol. The van der Waals surface area contributed by atoms with Gasteiger partial charge in [0.1, 0.15) is 11.4 Å². The van der Waals surface area contributed by atoms with Crippen molar-refractivity contribution < 1.29 is 14.6 Å². The van der Waals surface area contributed by atoms with Crippen LogP contribution in [0.4, 0.5) is 4.79 Å². The van der Waals surface area contributed by atoms with Crippen LogP contribution < -0.4 is 10.9 Å². The van der Waals surface area contributed by atoms with Crippen LogP contribution in [0.5, 0.6) is 5.75 Å². The highest BCUT2D eigenvalue weighted by molar-refractivity contribution is 9.10. The van der Waals surface area contributed by atoms with E-state index in [0.29, 0.717) is 15.1 Å². The number of ether oxygens (including phenoxy) is 1. The van der Waals surface area contributed by atoms with Crippen LogP contribution in [-0.2, 0) is 11.3 Å². The summed E-state index contributed by atoms with van der Waals surface area (Å²) in [6.07, 6.45) is -0.590. The number of carbonyl (C=O) groups is 1. The molecule has 106 valence electrons. The number of halogens is 2. The van der Waals surface area contributed by atoms with Crippen molar-refractivity contribution in [1.82, 2.24) is 10.9 Å². The SMILES string of the molecule is CC(C)(C)OC(=O)NNCc1cc(Cl)cc(Br)c1O. The van der Waals surface area contributed by atoms with E-state index in [1.807, 2.05) is 0 Å². The molecule has 19 heavy (non-hydrogen) atoms. The molecule has 0 aliphatic rings. The molecule has 0 unspecified atom stereocenters. The van der Waals surface area contributed by atoms with Crippen molar-refractivity contribution >= 4 is 33.6 Å². The summed E-state index contributed by atoms with van der Waals surface area (Å²) in [5.74, 6) is 0.0721. The molecule has 0 aromatic heterocycles.